The molecule has 164 valence electrons. The van der Waals surface area contributed by atoms with Crippen LogP contribution in [0.1, 0.15) is 26.2 Å². The Hall–Kier alpha value is -2.77. The molecule has 0 spiro atoms. The number of nitrogens with one attached hydrogen (secondary N) is 2. The van der Waals surface area contributed by atoms with Gasteiger partial charge in [0.05, 0.1) is 25.2 Å². The van der Waals surface area contributed by atoms with E-state index in [2.05, 4.69) is 10.6 Å². The van der Waals surface area contributed by atoms with Crippen molar-refractivity contribution in [2.45, 2.75) is 56.5 Å². The van der Waals surface area contributed by atoms with Gasteiger partial charge in [-0.3, -0.25) is 19.2 Å². The van der Waals surface area contributed by atoms with Crippen molar-refractivity contribution >= 4 is 29.6 Å². The Bertz CT molecular complexity index is 655. The quantitative estimate of drug-likeness (QED) is 0.182. The molecule has 1 saturated heterocycles. The number of carboxylic acid groups (broad SMARTS) is 1. The van der Waals surface area contributed by atoms with Crippen LogP contribution in [0.25, 0.3) is 0 Å². The second-order valence-corrected chi connectivity index (χ2v) is 6.78. The first-order valence-corrected chi connectivity index (χ1v) is 8.96. The molecule has 1 aliphatic rings. The number of carbonyl (C=O) groups excluding carboxylic acids is 4. The van der Waals surface area contributed by atoms with Crippen molar-refractivity contribution in [3.05, 3.63) is 0 Å². The Morgan fingerprint density at radius 3 is 2.31 bits per heavy atom. The average Bonchev–Trinajstić information content (AvgIpc) is 3.11. The summed E-state index contributed by atoms with van der Waals surface area (Å²) in [4.78, 5) is 60.3. The van der Waals surface area contributed by atoms with E-state index in [4.69, 9.17) is 21.7 Å². The van der Waals surface area contributed by atoms with Gasteiger partial charge in [-0.2, -0.15) is 0 Å². The molecule has 0 aromatic heterocycles. The molecule has 0 aromatic carbocycles. The van der Waals surface area contributed by atoms with E-state index in [1.165, 1.54) is 6.92 Å². The van der Waals surface area contributed by atoms with Crippen molar-refractivity contribution in [3.8, 4) is 0 Å². The molecule has 0 saturated carbocycles. The van der Waals surface area contributed by atoms with Gasteiger partial charge in [0.2, 0.25) is 23.6 Å². The summed E-state index contributed by atoms with van der Waals surface area (Å²) in [6, 6.07) is -5.32. The number of primary amides is 1. The number of hydrogen-bond donors (Lipinski definition) is 7. The predicted molar refractivity (Wildman–Crippen MR) is 96.8 cm³/mol. The van der Waals surface area contributed by atoms with Gasteiger partial charge in [-0.05, 0) is 19.8 Å². The molecule has 1 aliphatic heterocycles. The average molecular weight is 417 g/mol. The van der Waals surface area contributed by atoms with E-state index in [0.29, 0.717) is 6.42 Å². The van der Waals surface area contributed by atoms with E-state index >= 15 is 0 Å². The lowest BCUT2D eigenvalue weighted by Crippen LogP contribution is -2.60. The van der Waals surface area contributed by atoms with Crippen molar-refractivity contribution < 1.29 is 39.3 Å². The molecule has 9 N–H and O–H groups in total. The molecule has 5 unspecified atom stereocenters. The molecule has 13 nitrogen and oxygen atoms in total. The maximum atomic E-state index is 12.8. The molecule has 0 bridgehead atoms. The summed E-state index contributed by atoms with van der Waals surface area (Å²) in [6.07, 6.45) is -1.14. The maximum Gasteiger partial charge on any atom is 0.328 e. The van der Waals surface area contributed by atoms with Crippen LogP contribution in [0.2, 0.25) is 0 Å². The van der Waals surface area contributed by atoms with Gasteiger partial charge >= 0.3 is 5.97 Å². The fraction of sp³-hybridized carbons (Fsp3) is 0.688. The Balaban J connectivity index is 2.90. The Morgan fingerprint density at radius 2 is 1.83 bits per heavy atom. The van der Waals surface area contributed by atoms with Gasteiger partial charge in [0.1, 0.15) is 18.1 Å². The molecule has 0 aromatic rings. The van der Waals surface area contributed by atoms with E-state index in [1.807, 2.05) is 0 Å². The number of nitrogens with two attached hydrogens (primary N) is 2. The van der Waals surface area contributed by atoms with Crippen LogP contribution in [0, 0.1) is 0 Å². The normalized spacial score (nSPS) is 20.3. The SMILES string of the molecule is CC(O)C(NC(=O)C(N)CC(N)=O)C(=O)N1CCCC1C(=O)NC(CO)C(=O)O. The molecule has 1 rings (SSSR count). The first-order valence-electron chi connectivity index (χ1n) is 8.96. The van der Waals surface area contributed by atoms with E-state index in [-0.39, 0.29) is 13.0 Å². The topological polar surface area (TPSA) is 225 Å². The van der Waals surface area contributed by atoms with Crippen LogP contribution in [0.4, 0.5) is 0 Å². The molecule has 13 heteroatoms. The molecule has 1 fully saturated rings. The lowest BCUT2D eigenvalue weighted by Gasteiger charge is -2.30. The number of rotatable bonds is 10. The first kappa shape index (κ1) is 24.3. The van der Waals surface area contributed by atoms with Gasteiger partial charge in [-0.1, -0.05) is 0 Å². The predicted octanol–water partition coefficient (Wildman–Crippen LogP) is -4.39. The highest BCUT2D eigenvalue weighted by atomic mass is 16.4. The van der Waals surface area contributed by atoms with Gasteiger partial charge in [0, 0.05) is 6.54 Å². The van der Waals surface area contributed by atoms with Gasteiger partial charge < -0.3 is 42.3 Å². The van der Waals surface area contributed by atoms with Crippen molar-refractivity contribution in [1.82, 2.24) is 15.5 Å². The third kappa shape index (κ3) is 6.66. The molecule has 0 aliphatic carbocycles. The van der Waals surface area contributed by atoms with Crippen molar-refractivity contribution in [3.63, 3.8) is 0 Å². The highest BCUT2D eigenvalue weighted by Crippen LogP contribution is 2.19. The number of aliphatic hydroxyl groups is 2. The number of nitrogens with zero attached hydrogens (tertiary/aromatic N) is 1. The van der Waals surface area contributed by atoms with Crippen molar-refractivity contribution in [1.29, 1.82) is 0 Å². The van der Waals surface area contributed by atoms with Crippen LogP contribution in [0.15, 0.2) is 0 Å². The molecular formula is C16H27N5O8. The number of hydrogen-bond acceptors (Lipinski definition) is 8. The maximum absolute atomic E-state index is 12.8. The number of likely N-dealkylation sites (tertiary alicyclic amines) is 1. The first-order chi connectivity index (χ1) is 13.5. The second-order valence-electron chi connectivity index (χ2n) is 6.78. The van der Waals surface area contributed by atoms with Gasteiger partial charge in [0.25, 0.3) is 0 Å². The zero-order valence-electron chi connectivity index (χ0n) is 15.9. The summed E-state index contributed by atoms with van der Waals surface area (Å²) in [6.45, 7) is 0.561. The third-order valence-corrected chi connectivity index (χ3v) is 4.44. The monoisotopic (exact) mass is 417 g/mol. The Labute approximate surface area is 166 Å². The number of aliphatic carboxylic acids is 1. The zero-order valence-corrected chi connectivity index (χ0v) is 15.9. The Kier molecular flexibility index (Phi) is 8.94. The molecule has 0 radical (unpaired) electrons. The fourth-order valence-electron chi connectivity index (χ4n) is 2.89. The standard InChI is InChI=1S/C16H27N5O8/c1-7(23)12(20-13(25)8(17)5-11(18)24)15(27)21-4-2-3-10(21)14(26)19-9(6-22)16(28)29/h7-10,12,22-23H,2-6,17H2,1H3,(H2,18,24)(H,19,26)(H,20,25)(H,28,29). The molecule has 4 amide bonds. The summed E-state index contributed by atoms with van der Waals surface area (Å²) in [7, 11) is 0. The molecule has 5 atom stereocenters. The third-order valence-electron chi connectivity index (χ3n) is 4.44. The lowest BCUT2D eigenvalue weighted by atomic mass is 10.1. The number of carbonyl (C=O) groups is 5. The molecular weight excluding hydrogens is 390 g/mol. The highest BCUT2D eigenvalue weighted by Gasteiger charge is 2.40. The van der Waals surface area contributed by atoms with Crippen molar-refractivity contribution in [2.24, 2.45) is 11.5 Å². The molecule has 1 heterocycles. The summed E-state index contributed by atoms with van der Waals surface area (Å²) < 4.78 is 0. The van der Waals surface area contributed by atoms with E-state index in [1.54, 1.807) is 0 Å². The van der Waals surface area contributed by atoms with E-state index in [9.17, 15) is 29.1 Å². The van der Waals surface area contributed by atoms with Crippen LogP contribution < -0.4 is 22.1 Å². The van der Waals surface area contributed by atoms with E-state index in [0.717, 1.165) is 4.90 Å². The second kappa shape index (κ2) is 10.7. The van der Waals surface area contributed by atoms with Crippen LogP contribution in [0.3, 0.4) is 0 Å². The zero-order chi connectivity index (χ0) is 22.3. The van der Waals surface area contributed by atoms with Crippen LogP contribution >= 0.6 is 0 Å². The van der Waals surface area contributed by atoms with Gasteiger partial charge in [-0.15, -0.1) is 0 Å². The van der Waals surface area contributed by atoms with E-state index < -0.39 is 72.9 Å². The summed E-state index contributed by atoms with van der Waals surface area (Å²) in [5.74, 6) is -4.68. The van der Waals surface area contributed by atoms with Gasteiger partial charge in [-0.25, -0.2) is 4.79 Å². The minimum Gasteiger partial charge on any atom is -0.480 e. The van der Waals surface area contributed by atoms with Crippen molar-refractivity contribution in [2.75, 3.05) is 13.2 Å². The van der Waals surface area contributed by atoms with Gasteiger partial charge in [0.15, 0.2) is 0 Å². The summed E-state index contributed by atoms with van der Waals surface area (Å²) in [5, 5.41) is 32.3. The summed E-state index contributed by atoms with van der Waals surface area (Å²) in [5.41, 5.74) is 10.5. The number of carboxylic acids is 1. The minimum absolute atomic E-state index is 0.139. The summed E-state index contributed by atoms with van der Waals surface area (Å²) >= 11 is 0. The molecule has 29 heavy (non-hydrogen) atoms. The lowest BCUT2D eigenvalue weighted by molar-refractivity contribution is -0.146. The smallest absolute Gasteiger partial charge is 0.328 e. The largest absolute Gasteiger partial charge is 0.480 e. The number of amides is 4. The highest BCUT2D eigenvalue weighted by molar-refractivity contribution is 5.95. The fourth-order valence-corrected chi connectivity index (χ4v) is 2.89. The Morgan fingerprint density at radius 1 is 1.21 bits per heavy atom. The number of aliphatic hydroxyl groups excluding tert-OH is 2. The van der Waals surface area contributed by atoms with Crippen LogP contribution in [0.5, 0.6) is 0 Å². The van der Waals surface area contributed by atoms with Crippen LogP contribution in [-0.2, 0) is 24.0 Å². The minimum atomic E-state index is -1.53. The van der Waals surface area contributed by atoms with Crippen LogP contribution in [-0.4, -0.2) is 93.2 Å².